The van der Waals surface area contributed by atoms with Crippen LogP contribution in [-0.2, 0) is 45.5 Å². The first-order valence-corrected chi connectivity index (χ1v) is 18.9. The topological polar surface area (TPSA) is 0 Å². The molecule has 0 spiro atoms. The molecule has 0 aromatic heterocycles. The molecule has 0 aliphatic rings. The van der Waals surface area contributed by atoms with Crippen LogP contribution in [0.25, 0.3) is 32.3 Å². The van der Waals surface area contributed by atoms with Gasteiger partial charge < -0.3 is 24.8 Å². The van der Waals surface area contributed by atoms with Gasteiger partial charge in [-0.15, -0.1) is 102 Å². The van der Waals surface area contributed by atoms with Gasteiger partial charge in [0.15, 0.2) is 0 Å². The summed E-state index contributed by atoms with van der Waals surface area (Å²) in [5.74, 6) is 0. The second kappa shape index (κ2) is 21.6. The van der Waals surface area contributed by atoms with Crippen molar-refractivity contribution in [2.75, 3.05) is 0 Å². The molecule has 3 heteroatoms. The zero-order valence-corrected chi connectivity index (χ0v) is 37.8. The Balaban J connectivity index is 0.000000372. The monoisotopic (exact) mass is 799 g/mol. The fourth-order valence-electron chi connectivity index (χ4n) is 7.49. The first-order valence-electron chi connectivity index (χ1n) is 18.9. The molecule has 6 aromatic rings. The van der Waals surface area contributed by atoms with Crippen molar-refractivity contribution in [1.82, 2.24) is 0 Å². The molecule has 6 rings (SSSR count). The minimum Gasteiger partial charge on any atom is -1.00 e. The van der Waals surface area contributed by atoms with Gasteiger partial charge in [-0.05, 0) is 19.3 Å². The third-order valence-electron chi connectivity index (χ3n) is 11.0. The van der Waals surface area contributed by atoms with Gasteiger partial charge in [0.05, 0.1) is 0 Å². The molecule has 0 heterocycles. The molecule has 0 saturated heterocycles. The quantitative estimate of drug-likeness (QED) is 0.129. The molecule has 6 aromatic carbocycles. The van der Waals surface area contributed by atoms with E-state index >= 15 is 0 Å². The minimum absolute atomic E-state index is 0. The maximum absolute atomic E-state index is 2.34. The summed E-state index contributed by atoms with van der Waals surface area (Å²) in [5.41, 5.74) is 17.6. The number of fused-ring (bicyclic) bond motifs is 3. The summed E-state index contributed by atoms with van der Waals surface area (Å²) in [6, 6.07) is 20.8. The molecule has 0 aliphatic carbocycles. The number of hydrogen-bond donors (Lipinski definition) is 0. The molecule has 0 bridgehead atoms. The minimum atomic E-state index is 0. The van der Waals surface area contributed by atoms with Crippen LogP contribution in [0, 0.1) is 62.3 Å². The molecule has 0 radical (unpaired) electrons. The van der Waals surface area contributed by atoms with Gasteiger partial charge in [-0.2, -0.15) is 16.7 Å². The molecule has 276 valence electrons. The van der Waals surface area contributed by atoms with Crippen molar-refractivity contribution in [1.29, 1.82) is 0 Å². The normalized spacial score (nSPS) is 10.6. The van der Waals surface area contributed by atoms with Crippen LogP contribution in [-0.4, -0.2) is 0 Å². The predicted octanol–water partition coefficient (Wildman–Crippen LogP) is 8.49. The summed E-state index contributed by atoms with van der Waals surface area (Å²) in [7, 11) is 0. The molecule has 0 unspecified atom stereocenters. The number of unbranched alkanes of at least 4 members (excludes halogenated alkanes) is 3. The van der Waals surface area contributed by atoms with Gasteiger partial charge in [-0.3, -0.25) is 0 Å². The summed E-state index contributed by atoms with van der Waals surface area (Å²) in [5, 5.41) is 8.94. The van der Waals surface area contributed by atoms with E-state index in [2.05, 4.69) is 138 Å². The Kier molecular flexibility index (Phi) is 19.9. The van der Waals surface area contributed by atoms with Gasteiger partial charge in [0.25, 0.3) is 0 Å². The number of benzene rings is 3. The van der Waals surface area contributed by atoms with E-state index in [-0.39, 0.29) is 51.0 Å². The second-order valence-electron chi connectivity index (χ2n) is 14.7. The molecular weight excluding hydrogens is 739 g/mol. The standard InChI is InChI=1S/3C16H21.2ClH.Zr/c3*1-5-6-7-14-9-8-11(2)15-10-12(3)13(4)16(14)15;;;/h3*8-10H,5-7H2,1-4H3;2*1H;/q3*-1;;;+2/p-2. The molecule has 0 N–H and O–H groups in total. The van der Waals surface area contributed by atoms with E-state index in [4.69, 9.17) is 0 Å². The maximum Gasteiger partial charge on any atom is 2.00 e. The Morgan fingerprint density at radius 1 is 0.392 bits per heavy atom. The molecule has 0 fully saturated rings. The predicted molar refractivity (Wildman–Crippen MR) is 217 cm³/mol. The summed E-state index contributed by atoms with van der Waals surface area (Å²) in [6.07, 6.45) is 11.4. The van der Waals surface area contributed by atoms with Gasteiger partial charge in [-0.25, -0.2) is 0 Å². The summed E-state index contributed by atoms with van der Waals surface area (Å²) < 4.78 is 0. The fraction of sp³-hybridized carbons (Fsp3) is 0.438. The van der Waals surface area contributed by atoms with Crippen LogP contribution in [0.4, 0.5) is 0 Å². The first kappa shape index (κ1) is 47.0. The maximum atomic E-state index is 2.34. The van der Waals surface area contributed by atoms with Crippen LogP contribution < -0.4 is 24.8 Å². The Morgan fingerprint density at radius 2 is 0.627 bits per heavy atom. The third-order valence-corrected chi connectivity index (χ3v) is 11.0. The smallest absolute Gasteiger partial charge is 1.00 e. The van der Waals surface area contributed by atoms with Crippen LogP contribution in [0.15, 0.2) is 54.6 Å². The van der Waals surface area contributed by atoms with E-state index in [0.717, 1.165) is 0 Å². The molecular formula is C48H63Cl2Zr-3. The van der Waals surface area contributed by atoms with Crippen molar-refractivity contribution < 1.29 is 51.0 Å². The third kappa shape index (κ3) is 10.8. The molecule has 51 heavy (non-hydrogen) atoms. The van der Waals surface area contributed by atoms with E-state index < -0.39 is 0 Å². The SMILES string of the molecule is CCCCc1ccc(C)c2[cH-]c(C)c(C)c12.CCCCc1ccc(C)c2[cH-]c(C)c(C)c12.CCCCc1ccc(C)c2[cH-]c(C)c(C)c12.[Cl-].[Cl-].[Zr+2]. The van der Waals surface area contributed by atoms with E-state index in [1.165, 1.54) is 157 Å². The van der Waals surface area contributed by atoms with Crippen molar-refractivity contribution in [3.8, 4) is 0 Å². The van der Waals surface area contributed by atoms with Gasteiger partial charge in [0.2, 0.25) is 0 Å². The molecule has 0 atom stereocenters. The van der Waals surface area contributed by atoms with Crippen molar-refractivity contribution in [2.24, 2.45) is 0 Å². The molecule has 0 amide bonds. The van der Waals surface area contributed by atoms with Gasteiger partial charge in [-0.1, -0.05) is 156 Å². The van der Waals surface area contributed by atoms with E-state index in [1.807, 2.05) is 0 Å². The van der Waals surface area contributed by atoms with E-state index in [0.29, 0.717) is 0 Å². The van der Waals surface area contributed by atoms with E-state index in [1.54, 1.807) is 0 Å². The first-order chi connectivity index (χ1) is 22.9. The van der Waals surface area contributed by atoms with E-state index in [9.17, 15) is 0 Å². The van der Waals surface area contributed by atoms with Crippen LogP contribution in [0.3, 0.4) is 0 Å². The van der Waals surface area contributed by atoms with Gasteiger partial charge >= 0.3 is 26.2 Å². The zero-order chi connectivity index (χ0) is 35.1. The van der Waals surface area contributed by atoms with Crippen LogP contribution in [0.5, 0.6) is 0 Å². The Hall–Kier alpha value is -2.05. The summed E-state index contributed by atoms with van der Waals surface area (Å²) >= 11 is 0. The number of halogens is 2. The number of rotatable bonds is 9. The van der Waals surface area contributed by atoms with Gasteiger partial charge in [0.1, 0.15) is 0 Å². The van der Waals surface area contributed by atoms with Crippen LogP contribution >= 0.6 is 0 Å². The Bertz CT molecular complexity index is 1750. The zero-order valence-electron chi connectivity index (χ0n) is 33.8. The van der Waals surface area contributed by atoms with Crippen LogP contribution in [0.1, 0.15) is 126 Å². The fourth-order valence-corrected chi connectivity index (χ4v) is 7.49. The van der Waals surface area contributed by atoms with Crippen molar-refractivity contribution in [3.05, 3.63) is 121 Å². The van der Waals surface area contributed by atoms with Gasteiger partial charge in [0, 0.05) is 0 Å². The van der Waals surface area contributed by atoms with Crippen LogP contribution in [0.2, 0.25) is 0 Å². The second-order valence-corrected chi connectivity index (χ2v) is 14.7. The molecule has 0 saturated carbocycles. The molecule has 0 aliphatic heterocycles. The van der Waals surface area contributed by atoms with Crippen molar-refractivity contribution in [3.63, 3.8) is 0 Å². The Morgan fingerprint density at radius 3 is 0.843 bits per heavy atom. The molecule has 0 nitrogen and oxygen atoms in total. The largest absolute Gasteiger partial charge is 2.00 e. The average molecular weight is 802 g/mol. The Labute approximate surface area is 343 Å². The number of aryl methyl sites for hydroxylation is 12. The summed E-state index contributed by atoms with van der Waals surface area (Å²) in [4.78, 5) is 0. The summed E-state index contributed by atoms with van der Waals surface area (Å²) in [6.45, 7) is 26.8. The average Bonchev–Trinajstić information content (AvgIpc) is 3.67. The van der Waals surface area contributed by atoms with Crippen molar-refractivity contribution >= 4 is 32.3 Å². The van der Waals surface area contributed by atoms with Crippen molar-refractivity contribution in [2.45, 2.75) is 141 Å². The number of hydrogen-bond acceptors (Lipinski definition) is 0.